The standard InChI is InChI=1S/C15H17NO3/c1-11-3-2-4-12(9-11)7-8-16-10-13-5-6-14(19-13)15(17)18/h2-6,9,16H,7-8,10H2,1H3,(H,17,18). The van der Waals surface area contributed by atoms with Gasteiger partial charge >= 0.3 is 5.97 Å². The van der Waals surface area contributed by atoms with E-state index >= 15 is 0 Å². The molecule has 0 spiro atoms. The van der Waals surface area contributed by atoms with Gasteiger partial charge in [0.15, 0.2) is 0 Å². The average molecular weight is 259 g/mol. The summed E-state index contributed by atoms with van der Waals surface area (Å²) in [6.45, 7) is 3.44. The van der Waals surface area contributed by atoms with Crippen molar-refractivity contribution in [3.8, 4) is 0 Å². The molecule has 4 heteroatoms. The predicted octanol–water partition coefficient (Wildman–Crippen LogP) is 2.62. The van der Waals surface area contributed by atoms with Gasteiger partial charge in [0.05, 0.1) is 6.54 Å². The van der Waals surface area contributed by atoms with E-state index in [-0.39, 0.29) is 5.76 Å². The highest BCUT2D eigenvalue weighted by atomic mass is 16.4. The zero-order chi connectivity index (χ0) is 13.7. The van der Waals surface area contributed by atoms with Gasteiger partial charge < -0.3 is 14.8 Å². The second kappa shape index (κ2) is 6.20. The summed E-state index contributed by atoms with van der Waals surface area (Å²) in [7, 11) is 0. The summed E-state index contributed by atoms with van der Waals surface area (Å²) in [5, 5.41) is 12.0. The fourth-order valence-corrected chi connectivity index (χ4v) is 1.90. The van der Waals surface area contributed by atoms with Crippen molar-refractivity contribution in [2.24, 2.45) is 0 Å². The molecular formula is C15H17NO3. The van der Waals surface area contributed by atoms with Gasteiger partial charge in [-0.1, -0.05) is 29.8 Å². The number of benzene rings is 1. The Kier molecular flexibility index (Phi) is 4.36. The van der Waals surface area contributed by atoms with Crippen LogP contribution in [0, 0.1) is 6.92 Å². The van der Waals surface area contributed by atoms with Crippen LogP contribution in [0.15, 0.2) is 40.8 Å². The molecule has 0 radical (unpaired) electrons. The van der Waals surface area contributed by atoms with Gasteiger partial charge in [0.1, 0.15) is 5.76 Å². The lowest BCUT2D eigenvalue weighted by Gasteiger charge is -2.04. The zero-order valence-corrected chi connectivity index (χ0v) is 10.8. The number of furan rings is 1. The van der Waals surface area contributed by atoms with Crippen LogP contribution >= 0.6 is 0 Å². The monoisotopic (exact) mass is 259 g/mol. The van der Waals surface area contributed by atoms with Gasteiger partial charge in [-0.2, -0.15) is 0 Å². The van der Waals surface area contributed by atoms with Crippen molar-refractivity contribution in [1.82, 2.24) is 5.32 Å². The SMILES string of the molecule is Cc1cccc(CCNCc2ccc(C(=O)O)o2)c1. The molecule has 0 unspecified atom stereocenters. The highest BCUT2D eigenvalue weighted by molar-refractivity contribution is 5.84. The van der Waals surface area contributed by atoms with Gasteiger partial charge in [-0.15, -0.1) is 0 Å². The Bertz CT molecular complexity index is 560. The van der Waals surface area contributed by atoms with E-state index in [1.807, 2.05) is 0 Å². The molecular weight excluding hydrogens is 242 g/mol. The third kappa shape index (κ3) is 3.96. The van der Waals surface area contributed by atoms with Crippen molar-refractivity contribution >= 4 is 5.97 Å². The minimum absolute atomic E-state index is 0.0181. The molecule has 2 N–H and O–H groups in total. The van der Waals surface area contributed by atoms with Crippen LogP contribution in [-0.2, 0) is 13.0 Å². The molecule has 0 saturated heterocycles. The lowest BCUT2D eigenvalue weighted by atomic mass is 10.1. The van der Waals surface area contributed by atoms with Crippen LogP contribution in [0.1, 0.15) is 27.4 Å². The molecule has 0 atom stereocenters. The molecule has 4 nitrogen and oxygen atoms in total. The van der Waals surface area contributed by atoms with Gasteiger partial charge in [0.25, 0.3) is 0 Å². The van der Waals surface area contributed by atoms with Crippen molar-refractivity contribution in [2.75, 3.05) is 6.54 Å². The fraction of sp³-hybridized carbons (Fsp3) is 0.267. The number of carboxylic acids is 1. The molecule has 0 saturated carbocycles. The lowest BCUT2D eigenvalue weighted by Crippen LogP contribution is -2.16. The Hall–Kier alpha value is -2.07. The highest BCUT2D eigenvalue weighted by Crippen LogP contribution is 2.08. The van der Waals surface area contributed by atoms with E-state index in [0.29, 0.717) is 12.3 Å². The normalized spacial score (nSPS) is 10.6. The minimum atomic E-state index is -1.04. The summed E-state index contributed by atoms with van der Waals surface area (Å²) in [6.07, 6.45) is 0.939. The van der Waals surface area contributed by atoms with Crippen LogP contribution in [0.2, 0.25) is 0 Å². The van der Waals surface area contributed by atoms with Gasteiger partial charge in [-0.05, 0) is 37.6 Å². The molecule has 19 heavy (non-hydrogen) atoms. The van der Waals surface area contributed by atoms with Crippen LogP contribution in [0.5, 0.6) is 0 Å². The second-order valence-corrected chi connectivity index (χ2v) is 4.49. The topological polar surface area (TPSA) is 62.5 Å². The van der Waals surface area contributed by atoms with Gasteiger partial charge in [-0.3, -0.25) is 0 Å². The van der Waals surface area contributed by atoms with Crippen molar-refractivity contribution in [2.45, 2.75) is 19.9 Å². The van der Waals surface area contributed by atoms with Crippen molar-refractivity contribution in [3.05, 3.63) is 59.0 Å². The summed E-state index contributed by atoms with van der Waals surface area (Å²) in [5.41, 5.74) is 2.55. The van der Waals surface area contributed by atoms with Crippen LogP contribution in [0.25, 0.3) is 0 Å². The maximum atomic E-state index is 10.6. The third-order valence-electron chi connectivity index (χ3n) is 2.84. The summed E-state index contributed by atoms with van der Waals surface area (Å²) in [6, 6.07) is 11.5. The van der Waals surface area contributed by atoms with E-state index in [1.165, 1.54) is 17.2 Å². The molecule has 100 valence electrons. The molecule has 0 bridgehead atoms. The van der Waals surface area contributed by atoms with Crippen LogP contribution in [-0.4, -0.2) is 17.6 Å². The molecule has 1 aromatic carbocycles. The summed E-state index contributed by atoms with van der Waals surface area (Å²) in [5.74, 6) is -0.414. The van der Waals surface area contributed by atoms with Crippen LogP contribution in [0.3, 0.4) is 0 Å². The first-order chi connectivity index (χ1) is 9.15. The number of nitrogens with one attached hydrogen (secondary N) is 1. The Morgan fingerprint density at radius 3 is 2.84 bits per heavy atom. The third-order valence-corrected chi connectivity index (χ3v) is 2.84. The largest absolute Gasteiger partial charge is 0.475 e. The first-order valence-corrected chi connectivity index (χ1v) is 6.23. The summed E-state index contributed by atoms with van der Waals surface area (Å²) >= 11 is 0. The number of carbonyl (C=O) groups is 1. The molecule has 0 amide bonds. The molecule has 1 heterocycles. The van der Waals surface area contributed by atoms with E-state index in [9.17, 15) is 4.79 Å². The van der Waals surface area contributed by atoms with Crippen LogP contribution < -0.4 is 5.32 Å². The van der Waals surface area contributed by atoms with Crippen molar-refractivity contribution in [1.29, 1.82) is 0 Å². The summed E-state index contributed by atoms with van der Waals surface area (Å²) < 4.78 is 5.15. The Morgan fingerprint density at radius 2 is 2.16 bits per heavy atom. The molecule has 2 aromatic rings. The molecule has 0 fully saturated rings. The molecule has 0 aliphatic rings. The Morgan fingerprint density at radius 1 is 1.32 bits per heavy atom. The Balaban J connectivity index is 1.76. The zero-order valence-electron chi connectivity index (χ0n) is 10.8. The second-order valence-electron chi connectivity index (χ2n) is 4.49. The summed E-state index contributed by atoms with van der Waals surface area (Å²) in [4.78, 5) is 10.6. The van der Waals surface area contributed by atoms with Gasteiger partial charge in [0.2, 0.25) is 5.76 Å². The van der Waals surface area contributed by atoms with Crippen LogP contribution in [0.4, 0.5) is 0 Å². The van der Waals surface area contributed by atoms with E-state index < -0.39 is 5.97 Å². The number of aromatic carboxylic acids is 1. The van der Waals surface area contributed by atoms with E-state index in [0.717, 1.165) is 13.0 Å². The molecule has 0 aliphatic carbocycles. The first-order valence-electron chi connectivity index (χ1n) is 6.23. The fourth-order valence-electron chi connectivity index (χ4n) is 1.90. The quantitative estimate of drug-likeness (QED) is 0.783. The number of hydrogen-bond donors (Lipinski definition) is 2. The minimum Gasteiger partial charge on any atom is -0.475 e. The van der Waals surface area contributed by atoms with Gasteiger partial charge in [0, 0.05) is 0 Å². The number of hydrogen-bond acceptors (Lipinski definition) is 3. The van der Waals surface area contributed by atoms with Crippen molar-refractivity contribution < 1.29 is 14.3 Å². The molecule has 1 aromatic heterocycles. The maximum absolute atomic E-state index is 10.6. The van der Waals surface area contributed by atoms with E-state index in [2.05, 4.69) is 36.5 Å². The van der Waals surface area contributed by atoms with Gasteiger partial charge in [-0.25, -0.2) is 4.79 Å². The smallest absolute Gasteiger partial charge is 0.371 e. The number of rotatable bonds is 6. The predicted molar refractivity (Wildman–Crippen MR) is 72.3 cm³/mol. The molecule has 2 rings (SSSR count). The highest BCUT2D eigenvalue weighted by Gasteiger charge is 2.08. The van der Waals surface area contributed by atoms with E-state index in [4.69, 9.17) is 9.52 Å². The molecule has 0 aliphatic heterocycles. The first kappa shape index (κ1) is 13.4. The number of carboxylic acid groups (broad SMARTS) is 1. The number of aryl methyl sites for hydroxylation is 1. The van der Waals surface area contributed by atoms with E-state index in [1.54, 1.807) is 6.07 Å². The van der Waals surface area contributed by atoms with Crippen molar-refractivity contribution in [3.63, 3.8) is 0 Å². The Labute approximate surface area is 112 Å². The lowest BCUT2D eigenvalue weighted by molar-refractivity contribution is 0.0660. The maximum Gasteiger partial charge on any atom is 0.371 e. The average Bonchev–Trinajstić information content (AvgIpc) is 2.84.